The fourth-order valence-electron chi connectivity index (χ4n) is 13.3. The highest BCUT2D eigenvalue weighted by molar-refractivity contribution is 6.08. The number of rotatable bonds is 46. The van der Waals surface area contributed by atoms with Gasteiger partial charge in [-0.2, -0.15) is 0 Å². The van der Waals surface area contributed by atoms with Gasteiger partial charge in [-0.25, -0.2) is 29.9 Å². The number of benzene rings is 3. The highest BCUT2D eigenvalue weighted by Gasteiger charge is 2.21. The lowest BCUT2D eigenvalue weighted by Gasteiger charge is -2.22. The van der Waals surface area contributed by atoms with Gasteiger partial charge in [0.25, 0.3) is 0 Å². The minimum atomic E-state index is 0.0505. The van der Waals surface area contributed by atoms with E-state index in [4.69, 9.17) is 43.6 Å². The van der Waals surface area contributed by atoms with E-state index in [0.717, 1.165) is 264 Å². The Hall–Kier alpha value is -7.56. The number of amides is 2. The van der Waals surface area contributed by atoms with Crippen molar-refractivity contribution in [2.75, 3.05) is 96.2 Å². The van der Waals surface area contributed by atoms with Gasteiger partial charge in [-0.05, 0) is 167 Å². The molecule has 6 aromatic heterocycles. The van der Waals surface area contributed by atoms with Crippen LogP contribution in [0.3, 0.4) is 0 Å². The molecule has 0 saturated carbocycles. The number of carbonyl (C=O) groups is 2. The second kappa shape index (κ2) is 44.6. The molecule has 9 aromatic rings. The zero-order valence-corrected chi connectivity index (χ0v) is 62.0. The van der Waals surface area contributed by atoms with Crippen molar-refractivity contribution >= 4 is 95.1 Å². The Kier molecular flexibility index (Phi) is 35.6. The molecule has 13 N–H and O–H groups in total. The lowest BCUT2D eigenvalue weighted by atomic mass is 10.1. The van der Waals surface area contributed by atoms with E-state index in [1.54, 1.807) is 0 Å². The molecule has 2 amide bonds. The standard InChI is InChI=1S/C33H54N8O2.C27H44N6.C19H27N5/c1-3-5-10-20-36-29(42)17-24-40(25-18-30(43)37-21-11-9-19-34)22-12-13-23-41-28(16-6-4-2)39-31-32(41)26-14-7-8-15-27(26)38-33(31)35;1-3-5-10-18-32(19-11-9-17-28)20-12-13-21-33-24(16-6-4-2)31-25-26(33)22-14-7-8-15-23(22)30-27(25)29;1-3-4-11-16-23-17-18(24(16)13-8-7-12-21-2)14-9-5-6-10-15(14)22-19(17)20/h7-8,14-15H,3-6,9-13,16-25,34H2,1-2H3,(H2,35,38)(H,36,42)(H,37,43);7-8,14-15H,3-6,9-13,16-21,28H2,1-2H3,(H2,29,30);5-6,9-10,21H,3-4,7-8,11-13H2,1-2H3,(H2,20,22). The molecule has 548 valence electrons. The summed E-state index contributed by atoms with van der Waals surface area (Å²) in [5.41, 5.74) is 38.9. The molecule has 0 bridgehead atoms. The average molecular weight is 1370 g/mol. The van der Waals surface area contributed by atoms with Crippen molar-refractivity contribution in [3.8, 4) is 0 Å². The molecule has 0 atom stereocenters. The van der Waals surface area contributed by atoms with Crippen molar-refractivity contribution in [2.45, 2.75) is 228 Å². The SMILES string of the molecule is CCCCCN(CCCCN)CCCCn1c(CCCC)nc2c(N)nc3ccccc3c21.CCCCCNC(=O)CCN(CCCCn1c(CCCC)nc2c(N)nc3ccccc3c21)CCC(=O)NCCCCN.CCCCc1nc2c(N)nc3ccccc3c2n1CCCCNC. The maximum Gasteiger partial charge on any atom is 0.221 e. The smallest absolute Gasteiger partial charge is 0.221 e. The molecule has 0 spiro atoms. The molecule has 0 aliphatic carbocycles. The quantitative estimate of drug-likeness (QED) is 0.0164. The zero-order valence-electron chi connectivity index (χ0n) is 62.0. The van der Waals surface area contributed by atoms with Crippen molar-refractivity contribution in [1.29, 1.82) is 0 Å². The fourth-order valence-corrected chi connectivity index (χ4v) is 13.3. The third-order valence-corrected chi connectivity index (χ3v) is 19.0. The largest absolute Gasteiger partial charge is 0.382 e. The number of hydrogen-bond acceptors (Lipinski definition) is 16. The first kappa shape index (κ1) is 79.8. The van der Waals surface area contributed by atoms with Gasteiger partial charge in [-0.3, -0.25) is 9.59 Å². The third-order valence-electron chi connectivity index (χ3n) is 19.0. The van der Waals surface area contributed by atoms with Crippen LogP contribution in [0.15, 0.2) is 72.8 Å². The molecule has 0 aliphatic rings. The van der Waals surface area contributed by atoms with Crippen LogP contribution in [0.5, 0.6) is 0 Å². The number of aryl methyl sites for hydroxylation is 6. The van der Waals surface area contributed by atoms with Gasteiger partial charge >= 0.3 is 0 Å². The van der Waals surface area contributed by atoms with Gasteiger partial charge in [-0.1, -0.05) is 134 Å². The Morgan fingerprint density at radius 1 is 0.380 bits per heavy atom. The molecule has 6 heterocycles. The van der Waals surface area contributed by atoms with Crippen LogP contribution >= 0.6 is 0 Å². The molecule has 0 radical (unpaired) electrons. The molecule has 0 unspecified atom stereocenters. The van der Waals surface area contributed by atoms with E-state index >= 15 is 0 Å². The molecule has 21 nitrogen and oxygen atoms in total. The number of imidazole rings is 3. The lowest BCUT2D eigenvalue weighted by Crippen LogP contribution is -2.35. The van der Waals surface area contributed by atoms with Crippen LogP contribution in [0.2, 0.25) is 0 Å². The number of carbonyl (C=O) groups excluding carboxylic acids is 2. The molecule has 0 aliphatic heterocycles. The van der Waals surface area contributed by atoms with Crippen LogP contribution in [-0.2, 0) is 48.5 Å². The van der Waals surface area contributed by atoms with Gasteiger partial charge in [0, 0.05) is 94.1 Å². The Morgan fingerprint density at radius 2 is 0.690 bits per heavy atom. The van der Waals surface area contributed by atoms with Crippen LogP contribution < -0.4 is 44.6 Å². The van der Waals surface area contributed by atoms with E-state index in [0.29, 0.717) is 56.5 Å². The van der Waals surface area contributed by atoms with Gasteiger partial charge in [-0.15, -0.1) is 0 Å². The highest BCUT2D eigenvalue weighted by Crippen LogP contribution is 2.33. The summed E-state index contributed by atoms with van der Waals surface area (Å²) in [6.45, 7) is 23.4. The minimum absolute atomic E-state index is 0.0505. The van der Waals surface area contributed by atoms with Gasteiger partial charge in [0.05, 0.1) is 33.1 Å². The average Bonchev–Trinajstić information content (AvgIpc) is 1.60. The van der Waals surface area contributed by atoms with Gasteiger partial charge in [0.15, 0.2) is 17.5 Å². The van der Waals surface area contributed by atoms with E-state index in [-0.39, 0.29) is 11.8 Å². The monoisotopic (exact) mass is 1370 g/mol. The van der Waals surface area contributed by atoms with Crippen LogP contribution in [0.25, 0.3) is 65.8 Å². The first-order valence-electron chi connectivity index (χ1n) is 38.6. The molecule has 100 heavy (non-hydrogen) atoms. The number of nitrogens with zero attached hydrogens (tertiary/aromatic N) is 11. The summed E-state index contributed by atoms with van der Waals surface area (Å²) in [6, 6.07) is 24.6. The minimum Gasteiger partial charge on any atom is -0.382 e. The van der Waals surface area contributed by atoms with Crippen molar-refractivity contribution in [3.05, 3.63) is 90.3 Å². The normalized spacial score (nSPS) is 11.7. The maximum atomic E-state index is 12.5. The summed E-state index contributed by atoms with van der Waals surface area (Å²) < 4.78 is 7.15. The third kappa shape index (κ3) is 24.1. The van der Waals surface area contributed by atoms with Gasteiger partial charge < -0.3 is 68.1 Å². The maximum absolute atomic E-state index is 12.5. The Morgan fingerprint density at radius 3 is 1.06 bits per heavy atom. The van der Waals surface area contributed by atoms with Crippen LogP contribution in [0, 0.1) is 0 Å². The molecule has 0 saturated heterocycles. The van der Waals surface area contributed by atoms with E-state index < -0.39 is 0 Å². The number of para-hydroxylation sites is 3. The molecule has 0 fully saturated rings. The van der Waals surface area contributed by atoms with E-state index in [2.05, 4.69) is 119 Å². The van der Waals surface area contributed by atoms with E-state index in [1.807, 2.05) is 49.5 Å². The summed E-state index contributed by atoms with van der Waals surface area (Å²) in [7, 11) is 2.00. The van der Waals surface area contributed by atoms with Crippen molar-refractivity contribution in [2.24, 2.45) is 11.5 Å². The summed E-state index contributed by atoms with van der Waals surface area (Å²) in [5, 5.41) is 12.6. The van der Waals surface area contributed by atoms with E-state index in [9.17, 15) is 9.59 Å². The number of hydrogen-bond donors (Lipinski definition) is 8. The van der Waals surface area contributed by atoms with Crippen molar-refractivity contribution in [3.63, 3.8) is 0 Å². The number of aromatic nitrogens is 9. The predicted octanol–water partition coefficient (Wildman–Crippen LogP) is 13.6. The molecule has 21 heteroatoms. The van der Waals surface area contributed by atoms with E-state index in [1.165, 1.54) is 45.2 Å². The summed E-state index contributed by atoms with van der Waals surface area (Å²) in [6.07, 6.45) is 28.3. The number of anilines is 3. The molecular weight excluding hydrogens is 1250 g/mol. The second-order valence-corrected chi connectivity index (χ2v) is 27.0. The van der Waals surface area contributed by atoms with Crippen molar-refractivity contribution in [1.82, 2.24) is 69.4 Å². The Bertz CT molecular complexity index is 3820. The Labute approximate surface area is 596 Å². The second-order valence-electron chi connectivity index (χ2n) is 27.0. The Balaban J connectivity index is 0.000000219. The molecule has 3 aromatic carbocycles. The number of unbranched alkanes of at least 4 members (excludes halogenated alkanes) is 12. The highest BCUT2D eigenvalue weighted by atomic mass is 16.2. The van der Waals surface area contributed by atoms with Crippen LogP contribution in [0.4, 0.5) is 17.5 Å². The van der Waals surface area contributed by atoms with Gasteiger partial charge in [0.2, 0.25) is 11.8 Å². The number of pyridine rings is 3. The first-order valence-corrected chi connectivity index (χ1v) is 38.6. The lowest BCUT2D eigenvalue weighted by molar-refractivity contribution is -0.121. The number of nitrogen functional groups attached to an aromatic ring is 3. The topological polar surface area (TPSA) is 299 Å². The first-order chi connectivity index (χ1) is 48.9. The summed E-state index contributed by atoms with van der Waals surface area (Å²) >= 11 is 0. The molecule has 9 rings (SSSR count). The zero-order chi connectivity index (χ0) is 71.3. The summed E-state index contributed by atoms with van der Waals surface area (Å²) in [5.74, 6) is 5.04. The number of nitrogens with one attached hydrogen (secondary N) is 3. The predicted molar refractivity (Wildman–Crippen MR) is 420 cm³/mol. The number of nitrogens with two attached hydrogens (primary N) is 5. The number of fused-ring (bicyclic) bond motifs is 9. The van der Waals surface area contributed by atoms with Crippen LogP contribution in [-0.4, -0.2) is 144 Å². The van der Waals surface area contributed by atoms with Crippen molar-refractivity contribution < 1.29 is 9.59 Å². The molecular formula is C79H125N19O2. The summed E-state index contributed by atoms with van der Waals surface area (Å²) in [4.78, 5) is 58.4. The fraction of sp³-hybridized carbons (Fsp3) is 0.595. The van der Waals surface area contributed by atoms with Gasteiger partial charge in [0.1, 0.15) is 34.0 Å². The van der Waals surface area contributed by atoms with Crippen LogP contribution in [0.1, 0.15) is 206 Å².